The quantitative estimate of drug-likeness (QED) is 0.659. The third-order valence-corrected chi connectivity index (χ3v) is 3.39. The van der Waals surface area contributed by atoms with Crippen LogP contribution in [0, 0.1) is 0 Å². The molecule has 0 atom stereocenters. The van der Waals surface area contributed by atoms with Crippen LogP contribution in [-0.2, 0) is 4.79 Å². The van der Waals surface area contributed by atoms with Crippen LogP contribution in [0.2, 0.25) is 0 Å². The standard InChI is InChI=1S/C12H19F3N2O3/c13-12(14,15)7-3-4-8-16-10(20)17-11(9(18)19)5-1-2-6-11/h1-8H2,(H,18,19)(H2,16,17,20). The number of aliphatic carboxylic acids is 1. The molecule has 0 aromatic carbocycles. The van der Waals surface area contributed by atoms with Crippen LogP contribution in [0.5, 0.6) is 0 Å². The zero-order valence-corrected chi connectivity index (χ0v) is 11.1. The number of urea groups is 1. The normalized spacial score (nSPS) is 17.8. The maximum Gasteiger partial charge on any atom is 0.389 e. The molecule has 0 heterocycles. The van der Waals surface area contributed by atoms with E-state index in [1.165, 1.54) is 0 Å². The number of carbonyl (C=O) groups is 2. The van der Waals surface area contributed by atoms with E-state index in [0.29, 0.717) is 12.8 Å². The number of hydrogen-bond donors (Lipinski definition) is 3. The zero-order chi connectivity index (χ0) is 15.2. The van der Waals surface area contributed by atoms with Gasteiger partial charge in [0.05, 0.1) is 0 Å². The van der Waals surface area contributed by atoms with E-state index in [-0.39, 0.29) is 19.4 Å². The van der Waals surface area contributed by atoms with Crippen molar-refractivity contribution in [1.29, 1.82) is 0 Å². The Hall–Kier alpha value is -1.47. The van der Waals surface area contributed by atoms with E-state index in [2.05, 4.69) is 10.6 Å². The lowest BCUT2D eigenvalue weighted by Crippen LogP contribution is -2.55. The Morgan fingerprint density at radius 3 is 2.25 bits per heavy atom. The summed E-state index contributed by atoms with van der Waals surface area (Å²) in [6.45, 7) is 0.0949. The van der Waals surface area contributed by atoms with Crippen LogP contribution in [0.25, 0.3) is 0 Å². The molecule has 1 aliphatic carbocycles. The van der Waals surface area contributed by atoms with Crippen LogP contribution in [0.3, 0.4) is 0 Å². The lowest BCUT2D eigenvalue weighted by atomic mass is 9.98. The molecule has 3 N–H and O–H groups in total. The number of carboxylic acids is 1. The van der Waals surface area contributed by atoms with Crippen LogP contribution >= 0.6 is 0 Å². The van der Waals surface area contributed by atoms with E-state index in [4.69, 9.17) is 5.11 Å². The van der Waals surface area contributed by atoms with Crippen molar-refractivity contribution in [3.63, 3.8) is 0 Å². The fourth-order valence-electron chi connectivity index (χ4n) is 2.28. The van der Waals surface area contributed by atoms with Crippen LogP contribution < -0.4 is 10.6 Å². The number of unbranched alkanes of at least 4 members (excludes halogenated alkanes) is 1. The van der Waals surface area contributed by atoms with Crippen LogP contribution in [0.15, 0.2) is 0 Å². The zero-order valence-electron chi connectivity index (χ0n) is 11.1. The van der Waals surface area contributed by atoms with Crippen LogP contribution in [-0.4, -0.2) is 35.4 Å². The first kappa shape index (κ1) is 16.6. The fourth-order valence-corrected chi connectivity index (χ4v) is 2.28. The average molecular weight is 296 g/mol. The molecule has 0 spiro atoms. The van der Waals surface area contributed by atoms with Gasteiger partial charge in [-0.25, -0.2) is 9.59 Å². The van der Waals surface area contributed by atoms with Crippen molar-refractivity contribution in [2.24, 2.45) is 0 Å². The Kier molecular flexibility index (Phi) is 5.64. The Balaban J connectivity index is 2.24. The number of carboxylic acid groups (broad SMARTS) is 1. The molecule has 5 nitrogen and oxygen atoms in total. The molecular weight excluding hydrogens is 277 g/mol. The molecule has 0 bridgehead atoms. The largest absolute Gasteiger partial charge is 0.480 e. The predicted octanol–water partition coefficient (Wildman–Crippen LogP) is 2.42. The van der Waals surface area contributed by atoms with Gasteiger partial charge in [-0.05, 0) is 25.7 Å². The number of hydrogen-bond acceptors (Lipinski definition) is 2. The van der Waals surface area contributed by atoms with E-state index in [0.717, 1.165) is 12.8 Å². The molecule has 0 aliphatic heterocycles. The van der Waals surface area contributed by atoms with Gasteiger partial charge in [-0.3, -0.25) is 0 Å². The Labute approximate surface area is 114 Å². The van der Waals surface area contributed by atoms with Gasteiger partial charge in [-0.1, -0.05) is 12.8 Å². The molecule has 0 aromatic rings. The molecule has 0 saturated heterocycles. The SMILES string of the molecule is O=C(NCCCCC(F)(F)F)NC1(C(=O)O)CCCC1. The summed E-state index contributed by atoms with van der Waals surface area (Å²) in [7, 11) is 0. The molecule has 2 amide bonds. The maximum atomic E-state index is 11.9. The second-order valence-corrected chi connectivity index (χ2v) is 5.05. The van der Waals surface area contributed by atoms with E-state index < -0.39 is 30.1 Å². The summed E-state index contributed by atoms with van der Waals surface area (Å²) in [6, 6.07) is -0.638. The van der Waals surface area contributed by atoms with Gasteiger partial charge in [0.25, 0.3) is 0 Å². The molecule has 1 aliphatic rings. The van der Waals surface area contributed by atoms with Gasteiger partial charge < -0.3 is 15.7 Å². The second kappa shape index (κ2) is 6.81. The van der Waals surface area contributed by atoms with Gasteiger partial charge in [-0.2, -0.15) is 13.2 Å². The summed E-state index contributed by atoms with van der Waals surface area (Å²) in [4.78, 5) is 22.7. The van der Waals surface area contributed by atoms with E-state index in [1.54, 1.807) is 0 Å². The number of amides is 2. The van der Waals surface area contributed by atoms with Crippen molar-refractivity contribution in [3.05, 3.63) is 0 Å². The van der Waals surface area contributed by atoms with Gasteiger partial charge in [-0.15, -0.1) is 0 Å². The number of halogens is 3. The minimum absolute atomic E-state index is 0.0617. The molecule has 20 heavy (non-hydrogen) atoms. The first-order valence-electron chi connectivity index (χ1n) is 6.61. The lowest BCUT2D eigenvalue weighted by molar-refractivity contribution is -0.144. The Bertz CT molecular complexity index is 352. The topological polar surface area (TPSA) is 78.4 Å². The molecule has 1 rings (SSSR count). The minimum Gasteiger partial charge on any atom is -0.480 e. The van der Waals surface area contributed by atoms with Crippen LogP contribution in [0.4, 0.5) is 18.0 Å². The van der Waals surface area contributed by atoms with Crippen molar-refractivity contribution in [1.82, 2.24) is 10.6 Å². The second-order valence-electron chi connectivity index (χ2n) is 5.05. The average Bonchev–Trinajstić information content (AvgIpc) is 2.76. The molecule has 116 valence electrons. The fraction of sp³-hybridized carbons (Fsp3) is 0.833. The van der Waals surface area contributed by atoms with Gasteiger partial charge in [0.15, 0.2) is 0 Å². The number of nitrogens with one attached hydrogen (secondary N) is 2. The number of carbonyl (C=O) groups excluding carboxylic acids is 1. The molecule has 0 radical (unpaired) electrons. The van der Waals surface area contributed by atoms with Gasteiger partial charge in [0.2, 0.25) is 0 Å². The van der Waals surface area contributed by atoms with Crippen molar-refractivity contribution in [3.8, 4) is 0 Å². The maximum absolute atomic E-state index is 11.9. The Morgan fingerprint density at radius 1 is 1.15 bits per heavy atom. The van der Waals surface area contributed by atoms with Crippen LogP contribution in [0.1, 0.15) is 44.9 Å². The number of rotatable bonds is 6. The van der Waals surface area contributed by atoms with Gasteiger partial charge in [0, 0.05) is 13.0 Å². The summed E-state index contributed by atoms with van der Waals surface area (Å²) >= 11 is 0. The summed E-state index contributed by atoms with van der Waals surface area (Å²) in [5.74, 6) is -1.07. The number of alkyl halides is 3. The first-order valence-corrected chi connectivity index (χ1v) is 6.61. The molecule has 8 heteroatoms. The highest BCUT2D eigenvalue weighted by Gasteiger charge is 2.42. The van der Waals surface area contributed by atoms with E-state index in [9.17, 15) is 22.8 Å². The molecular formula is C12H19F3N2O3. The highest BCUT2D eigenvalue weighted by molar-refractivity contribution is 5.86. The predicted molar refractivity (Wildman–Crippen MR) is 65.3 cm³/mol. The molecule has 1 fully saturated rings. The van der Waals surface area contributed by atoms with Crippen molar-refractivity contribution >= 4 is 12.0 Å². The Morgan fingerprint density at radius 2 is 1.75 bits per heavy atom. The third kappa shape index (κ3) is 5.26. The van der Waals surface area contributed by atoms with Crippen molar-refractivity contribution in [2.75, 3.05) is 6.54 Å². The summed E-state index contributed by atoms with van der Waals surface area (Å²) in [5, 5.41) is 14.0. The summed E-state index contributed by atoms with van der Waals surface area (Å²) in [5.41, 5.74) is -1.23. The van der Waals surface area contributed by atoms with Crippen molar-refractivity contribution < 1.29 is 27.9 Å². The van der Waals surface area contributed by atoms with Crippen molar-refractivity contribution in [2.45, 2.75) is 56.7 Å². The highest BCUT2D eigenvalue weighted by atomic mass is 19.4. The minimum atomic E-state index is -4.18. The summed E-state index contributed by atoms with van der Waals surface area (Å²) in [6.07, 6.45) is -2.69. The monoisotopic (exact) mass is 296 g/mol. The summed E-state index contributed by atoms with van der Waals surface area (Å²) < 4.78 is 35.7. The smallest absolute Gasteiger partial charge is 0.389 e. The lowest BCUT2D eigenvalue weighted by Gasteiger charge is -2.25. The van der Waals surface area contributed by atoms with E-state index >= 15 is 0 Å². The highest BCUT2D eigenvalue weighted by Crippen LogP contribution is 2.29. The van der Waals surface area contributed by atoms with E-state index in [1.807, 2.05) is 0 Å². The molecule has 0 aromatic heterocycles. The molecule has 0 unspecified atom stereocenters. The van der Waals surface area contributed by atoms with Gasteiger partial charge in [0.1, 0.15) is 5.54 Å². The molecule has 1 saturated carbocycles. The first-order chi connectivity index (χ1) is 9.25. The third-order valence-electron chi connectivity index (χ3n) is 3.39. The van der Waals surface area contributed by atoms with Gasteiger partial charge >= 0.3 is 18.2 Å².